The Morgan fingerprint density at radius 2 is 1.96 bits per heavy atom. The number of piperidine rings is 1. The molecule has 0 saturated carbocycles. The summed E-state index contributed by atoms with van der Waals surface area (Å²) < 4.78 is 43.9. The van der Waals surface area contributed by atoms with Gasteiger partial charge in [0.1, 0.15) is 0 Å². The molecule has 1 saturated heterocycles. The summed E-state index contributed by atoms with van der Waals surface area (Å²) in [5, 5.41) is 2.66. The van der Waals surface area contributed by atoms with Crippen LogP contribution in [0.25, 0.3) is 0 Å². The molecule has 1 fully saturated rings. The first kappa shape index (κ1) is 18.7. The van der Waals surface area contributed by atoms with Crippen molar-refractivity contribution in [2.45, 2.75) is 19.0 Å². The second-order valence-electron chi connectivity index (χ2n) is 6.03. The third-order valence-corrected chi connectivity index (χ3v) is 4.35. The molecule has 1 aromatic carbocycles. The second-order valence-corrected chi connectivity index (χ2v) is 6.03. The van der Waals surface area contributed by atoms with Gasteiger partial charge in [0.25, 0.3) is 5.91 Å². The number of alkyl halides is 3. The van der Waals surface area contributed by atoms with Crippen LogP contribution >= 0.6 is 0 Å². The van der Waals surface area contributed by atoms with E-state index in [9.17, 15) is 18.0 Å². The summed E-state index contributed by atoms with van der Waals surface area (Å²) in [6.07, 6.45) is -2.68. The van der Waals surface area contributed by atoms with Crippen LogP contribution in [-0.2, 0) is 10.9 Å². The van der Waals surface area contributed by atoms with E-state index >= 15 is 0 Å². The Labute approximate surface area is 140 Å². The lowest BCUT2D eigenvalue weighted by atomic mass is 9.96. The van der Waals surface area contributed by atoms with Crippen LogP contribution in [-0.4, -0.2) is 50.7 Å². The monoisotopic (exact) mass is 344 g/mol. The number of nitrogens with zero attached hydrogens (tertiary/aromatic N) is 1. The molecule has 0 radical (unpaired) electrons. The molecule has 4 nitrogen and oxygen atoms in total. The van der Waals surface area contributed by atoms with E-state index in [4.69, 9.17) is 4.74 Å². The third-order valence-electron chi connectivity index (χ3n) is 4.35. The minimum atomic E-state index is -4.53. The number of carbonyl (C=O) groups excluding carboxylic acids is 1. The molecule has 1 heterocycles. The number of ether oxygens (including phenoxy) is 1. The second kappa shape index (κ2) is 8.48. The molecule has 1 aromatic rings. The molecule has 0 unspecified atom stereocenters. The number of amides is 1. The standard InChI is InChI=1S/C17H23F3N2O2/c1-24-11-10-22-8-6-13(7-9-22)12-21-16(23)14-4-2-3-5-15(14)17(18,19)20/h2-5,13H,6-12H2,1H3,(H,21,23). The lowest BCUT2D eigenvalue weighted by Crippen LogP contribution is -2.40. The van der Waals surface area contributed by atoms with Crippen LogP contribution < -0.4 is 5.32 Å². The van der Waals surface area contributed by atoms with Crippen LogP contribution in [0.3, 0.4) is 0 Å². The molecule has 1 amide bonds. The van der Waals surface area contributed by atoms with Gasteiger partial charge in [-0.1, -0.05) is 12.1 Å². The summed E-state index contributed by atoms with van der Waals surface area (Å²) in [5.41, 5.74) is -1.21. The zero-order chi connectivity index (χ0) is 17.6. The van der Waals surface area contributed by atoms with E-state index in [1.54, 1.807) is 7.11 Å². The molecule has 1 N–H and O–H groups in total. The van der Waals surface area contributed by atoms with E-state index in [1.807, 2.05) is 0 Å². The highest BCUT2D eigenvalue weighted by molar-refractivity contribution is 5.95. The zero-order valence-electron chi connectivity index (χ0n) is 13.7. The van der Waals surface area contributed by atoms with Crippen molar-refractivity contribution in [1.29, 1.82) is 0 Å². The van der Waals surface area contributed by atoms with Crippen molar-refractivity contribution in [2.24, 2.45) is 5.92 Å². The summed E-state index contributed by atoms with van der Waals surface area (Å²) in [4.78, 5) is 14.4. The van der Waals surface area contributed by atoms with Gasteiger partial charge in [-0.05, 0) is 44.0 Å². The maximum atomic E-state index is 13.0. The molecule has 24 heavy (non-hydrogen) atoms. The van der Waals surface area contributed by atoms with Gasteiger partial charge in [0.2, 0.25) is 0 Å². The van der Waals surface area contributed by atoms with Crippen LogP contribution in [0, 0.1) is 5.92 Å². The van der Waals surface area contributed by atoms with Crippen molar-refractivity contribution in [3.05, 3.63) is 35.4 Å². The first-order chi connectivity index (χ1) is 11.4. The summed E-state index contributed by atoms with van der Waals surface area (Å²) in [6, 6.07) is 4.88. The van der Waals surface area contributed by atoms with Gasteiger partial charge >= 0.3 is 6.18 Å². The van der Waals surface area contributed by atoms with Gasteiger partial charge in [-0.25, -0.2) is 0 Å². The van der Waals surface area contributed by atoms with E-state index in [0.717, 1.165) is 38.5 Å². The van der Waals surface area contributed by atoms with Gasteiger partial charge in [-0.15, -0.1) is 0 Å². The molecule has 7 heteroatoms. The zero-order valence-corrected chi connectivity index (χ0v) is 13.7. The van der Waals surface area contributed by atoms with Crippen LogP contribution in [0.2, 0.25) is 0 Å². The highest BCUT2D eigenvalue weighted by Gasteiger charge is 2.34. The van der Waals surface area contributed by atoms with E-state index in [-0.39, 0.29) is 5.56 Å². The molecule has 0 spiro atoms. The average molecular weight is 344 g/mol. The lowest BCUT2D eigenvalue weighted by molar-refractivity contribution is -0.137. The SMILES string of the molecule is COCCN1CCC(CNC(=O)c2ccccc2C(F)(F)F)CC1. The van der Waals surface area contributed by atoms with Gasteiger partial charge in [0.15, 0.2) is 0 Å². The molecule has 0 aromatic heterocycles. The molecule has 2 rings (SSSR count). The minimum absolute atomic E-state index is 0.297. The molecule has 0 bridgehead atoms. The molecule has 0 atom stereocenters. The van der Waals surface area contributed by atoms with Gasteiger partial charge in [0.05, 0.1) is 17.7 Å². The van der Waals surface area contributed by atoms with Crippen molar-refractivity contribution in [3.63, 3.8) is 0 Å². The van der Waals surface area contributed by atoms with Gasteiger partial charge < -0.3 is 15.0 Å². The van der Waals surface area contributed by atoms with E-state index in [1.165, 1.54) is 18.2 Å². The van der Waals surface area contributed by atoms with Crippen molar-refractivity contribution in [3.8, 4) is 0 Å². The fourth-order valence-corrected chi connectivity index (χ4v) is 2.90. The fourth-order valence-electron chi connectivity index (χ4n) is 2.90. The number of methoxy groups -OCH3 is 1. The Bertz CT molecular complexity index is 541. The molecular formula is C17H23F3N2O2. The molecule has 0 aliphatic carbocycles. The summed E-state index contributed by atoms with van der Waals surface area (Å²) in [6.45, 7) is 3.82. The molecule has 134 valence electrons. The highest BCUT2D eigenvalue weighted by Crippen LogP contribution is 2.31. The van der Waals surface area contributed by atoms with Crippen LogP contribution in [0.4, 0.5) is 13.2 Å². The molecular weight excluding hydrogens is 321 g/mol. The predicted molar refractivity (Wildman–Crippen MR) is 84.8 cm³/mol. The Hall–Kier alpha value is -1.60. The fraction of sp³-hybridized carbons (Fsp3) is 0.588. The number of carbonyl (C=O) groups is 1. The first-order valence-corrected chi connectivity index (χ1v) is 8.07. The largest absolute Gasteiger partial charge is 0.417 e. The number of nitrogens with one attached hydrogen (secondary N) is 1. The summed E-state index contributed by atoms with van der Waals surface area (Å²) >= 11 is 0. The maximum absolute atomic E-state index is 13.0. The molecule has 1 aliphatic rings. The normalized spacial score (nSPS) is 17.0. The Balaban J connectivity index is 1.85. The topological polar surface area (TPSA) is 41.6 Å². The number of likely N-dealkylation sites (tertiary alicyclic amines) is 1. The average Bonchev–Trinajstić information content (AvgIpc) is 2.58. The summed E-state index contributed by atoms with van der Waals surface area (Å²) in [7, 11) is 1.67. The number of hydrogen-bond acceptors (Lipinski definition) is 3. The van der Waals surface area contributed by atoms with Gasteiger partial charge in [-0.2, -0.15) is 13.2 Å². The number of benzene rings is 1. The van der Waals surface area contributed by atoms with Crippen molar-refractivity contribution in [1.82, 2.24) is 10.2 Å². The number of rotatable bonds is 6. The summed E-state index contributed by atoms with van der Waals surface area (Å²) in [5.74, 6) is -0.365. The van der Waals surface area contributed by atoms with Crippen LogP contribution in [0.5, 0.6) is 0 Å². The minimum Gasteiger partial charge on any atom is -0.383 e. The van der Waals surface area contributed by atoms with Crippen LogP contribution in [0.15, 0.2) is 24.3 Å². The highest BCUT2D eigenvalue weighted by atomic mass is 19.4. The number of hydrogen-bond donors (Lipinski definition) is 1. The Kier molecular flexibility index (Phi) is 6.62. The van der Waals surface area contributed by atoms with E-state index in [2.05, 4.69) is 10.2 Å². The maximum Gasteiger partial charge on any atom is 0.417 e. The van der Waals surface area contributed by atoms with E-state index < -0.39 is 17.6 Å². The number of halogens is 3. The quantitative estimate of drug-likeness (QED) is 0.863. The Morgan fingerprint density at radius 3 is 2.58 bits per heavy atom. The first-order valence-electron chi connectivity index (χ1n) is 8.07. The molecule has 1 aliphatic heterocycles. The smallest absolute Gasteiger partial charge is 0.383 e. The Morgan fingerprint density at radius 1 is 1.29 bits per heavy atom. The lowest BCUT2D eigenvalue weighted by Gasteiger charge is -2.31. The van der Waals surface area contributed by atoms with Gasteiger partial charge in [0, 0.05) is 20.2 Å². The van der Waals surface area contributed by atoms with Gasteiger partial charge in [-0.3, -0.25) is 4.79 Å². The predicted octanol–water partition coefficient (Wildman–Crippen LogP) is 2.79. The van der Waals surface area contributed by atoms with Crippen molar-refractivity contribution in [2.75, 3.05) is 39.9 Å². The van der Waals surface area contributed by atoms with E-state index in [0.29, 0.717) is 19.1 Å². The van der Waals surface area contributed by atoms with Crippen molar-refractivity contribution >= 4 is 5.91 Å². The third kappa shape index (κ3) is 5.21. The van der Waals surface area contributed by atoms with Crippen molar-refractivity contribution < 1.29 is 22.7 Å². The van der Waals surface area contributed by atoms with Crippen LogP contribution in [0.1, 0.15) is 28.8 Å².